The number of pyridine rings is 1. The minimum atomic E-state index is -0.0870. The van der Waals surface area contributed by atoms with Gasteiger partial charge in [-0.05, 0) is 26.0 Å². The number of nitrogens with two attached hydrogens (primary N) is 1. The van der Waals surface area contributed by atoms with Gasteiger partial charge in [0.15, 0.2) is 5.82 Å². The standard InChI is InChI=1S/C13H18N6O/c1-3-18(4-2)13(20)11-7-10(5-6-15-11)19-9-16-12(8-14)17-19/h5-7,9H,3-4,8,14H2,1-2H3. The second-order valence-electron chi connectivity index (χ2n) is 4.19. The predicted octanol–water partition coefficient (Wildman–Crippen LogP) is 0.603. The van der Waals surface area contributed by atoms with Gasteiger partial charge in [0, 0.05) is 19.3 Å². The second-order valence-corrected chi connectivity index (χ2v) is 4.19. The molecule has 0 fully saturated rings. The van der Waals surface area contributed by atoms with Crippen molar-refractivity contribution in [3.05, 3.63) is 36.2 Å². The first kappa shape index (κ1) is 14.1. The zero-order chi connectivity index (χ0) is 14.5. The van der Waals surface area contributed by atoms with Gasteiger partial charge in [-0.3, -0.25) is 9.78 Å². The molecule has 2 aromatic rings. The van der Waals surface area contributed by atoms with E-state index in [4.69, 9.17) is 5.73 Å². The zero-order valence-electron chi connectivity index (χ0n) is 11.7. The molecule has 0 radical (unpaired) electrons. The van der Waals surface area contributed by atoms with E-state index in [1.807, 2.05) is 13.8 Å². The molecule has 106 valence electrons. The molecule has 1 amide bonds. The van der Waals surface area contributed by atoms with Crippen LogP contribution in [0.1, 0.15) is 30.2 Å². The van der Waals surface area contributed by atoms with Crippen molar-refractivity contribution < 1.29 is 4.79 Å². The van der Waals surface area contributed by atoms with Crippen molar-refractivity contribution in [2.24, 2.45) is 5.73 Å². The van der Waals surface area contributed by atoms with Gasteiger partial charge in [0.2, 0.25) is 0 Å². The summed E-state index contributed by atoms with van der Waals surface area (Å²) in [6, 6.07) is 3.48. The van der Waals surface area contributed by atoms with Crippen LogP contribution < -0.4 is 5.73 Å². The summed E-state index contributed by atoms with van der Waals surface area (Å²) in [7, 11) is 0. The van der Waals surface area contributed by atoms with Crippen molar-refractivity contribution in [1.82, 2.24) is 24.6 Å². The van der Waals surface area contributed by atoms with Crippen LogP contribution in [0.25, 0.3) is 5.69 Å². The lowest BCUT2D eigenvalue weighted by Gasteiger charge is -2.18. The first-order chi connectivity index (χ1) is 9.69. The Labute approximate surface area is 117 Å². The number of hydrogen-bond donors (Lipinski definition) is 1. The Morgan fingerprint density at radius 1 is 1.35 bits per heavy atom. The van der Waals surface area contributed by atoms with Crippen LogP contribution in [0.3, 0.4) is 0 Å². The fraction of sp³-hybridized carbons (Fsp3) is 0.385. The number of rotatable bonds is 5. The van der Waals surface area contributed by atoms with Crippen molar-refractivity contribution in [2.45, 2.75) is 20.4 Å². The number of amides is 1. The van der Waals surface area contributed by atoms with Gasteiger partial charge in [-0.1, -0.05) is 0 Å². The third-order valence-electron chi connectivity index (χ3n) is 3.00. The highest BCUT2D eigenvalue weighted by Crippen LogP contribution is 2.09. The number of carbonyl (C=O) groups is 1. The molecule has 0 aliphatic rings. The number of aromatic nitrogens is 4. The average Bonchev–Trinajstić information content (AvgIpc) is 2.97. The third kappa shape index (κ3) is 2.83. The summed E-state index contributed by atoms with van der Waals surface area (Å²) >= 11 is 0. The summed E-state index contributed by atoms with van der Waals surface area (Å²) in [4.78, 5) is 22.2. The van der Waals surface area contributed by atoms with Gasteiger partial charge in [-0.25, -0.2) is 9.67 Å². The molecule has 20 heavy (non-hydrogen) atoms. The number of hydrogen-bond acceptors (Lipinski definition) is 5. The van der Waals surface area contributed by atoms with Gasteiger partial charge in [0.05, 0.1) is 12.2 Å². The van der Waals surface area contributed by atoms with E-state index >= 15 is 0 Å². The topological polar surface area (TPSA) is 89.9 Å². The Kier molecular flexibility index (Phi) is 4.41. The summed E-state index contributed by atoms with van der Waals surface area (Å²) in [5.74, 6) is 0.467. The lowest BCUT2D eigenvalue weighted by molar-refractivity contribution is 0.0767. The third-order valence-corrected chi connectivity index (χ3v) is 3.00. The molecule has 0 saturated carbocycles. The Hall–Kier alpha value is -2.28. The van der Waals surface area contributed by atoms with Gasteiger partial charge < -0.3 is 10.6 Å². The first-order valence-corrected chi connectivity index (χ1v) is 6.55. The quantitative estimate of drug-likeness (QED) is 0.862. The van der Waals surface area contributed by atoms with Crippen LogP contribution in [0.5, 0.6) is 0 Å². The van der Waals surface area contributed by atoms with Crippen molar-refractivity contribution in [2.75, 3.05) is 13.1 Å². The molecule has 7 heteroatoms. The fourth-order valence-corrected chi connectivity index (χ4v) is 1.87. The molecule has 0 spiro atoms. The van der Waals surface area contributed by atoms with E-state index in [9.17, 15) is 4.79 Å². The Bertz CT molecular complexity index is 590. The maximum Gasteiger partial charge on any atom is 0.272 e. The zero-order valence-corrected chi connectivity index (χ0v) is 11.7. The molecule has 0 atom stereocenters. The minimum Gasteiger partial charge on any atom is -0.338 e. The van der Waals surface area contributed by atoms with Crippen molar-refractivity contribution >= 4 is 5.91 Å². The molecule has 0 aromatic carbocycles. The highest BCUT2D eigenvalue weighted by Gasteiger charge is 2.14. The highest BCUT2D eigenvalue weighted by atomic mass is 16.2. The summed E-state index contributed by atoms with van der Waals surface area (Å²) in [6.45, 7) is 5.47. The molecule has 0 aliphatic carbocycles. The van der Waals surface area contributed by atoms with E-state index in [1.165, 1.54) is 0 Å². The van der Waals surface area contributed by atoms with Crippen molar-refractivity contribution in [3.63, 3.8) is 0 Å². The fourth-order valence-electron chi connectivity index (χ4n) is 1.87. The second kappa shape index (κ2) is 6.25. The number of carbonyl (C=O) groups excluding carboxylic acids is 1. The van der Waals surface area contributed by atoms with Crippen LogP contribution in [-0.2, 0) is 6.54 Å². The molecule has 2 aromatic heterocycles. The lowest BCUT2D eigenvalue weighted by Crippen LogP contribution is -2.31. The van der Waals surface area contributed by atoms with Crippen LogP contribution in [0.2, 0.25) is 0 Å². The van der Waals surface area contributed by atoms with Crippen molar-refractivity contribution in [3.8, 4) is 5.69 Å². The van der Waals surface area contributed by atoms with E-state index in [-0.39, 0.29) is 12.5 Å². The Morgan fingerprint density at radius 2 is 2.10 bits per heavy atom. The molecule has 7 nitrogen and oxygen atoms in total. The van der Waals surface area contributed by atoms with Crippen LogP contribution in [0.4, 0.5) is 0 Å². The van der Waals surface area contributed by atoms with E-state index in [2.05, 4.69) is 15.1 Å². The highest BCUT2D eigenvalue weighted by molar-refractivity contribution is 5.92. The minimum absolute atomic E-state index is 0.0870. The molecule has 0 bridgehead atoms. The van der Waals surface area contributed by atoms with Gasteiger partial charge >= 0.3 is 0 Å². The molecule has 2 rings (SSSR count). The van der Waals surface area contributed by atoms with E-state index in [1.54, 1.807) is 34.2 Å². The van der Waals surface area contributed by atoms with Crippen LogP contribution in [0.15, 0.2) is 24.7 Å². The first-order valence-electron chi connectivity index (χ1n) is 6.55. The monoisotopic (exact) mass is 274 g/mol. The van der Waals surface area contributed by atoms with Crippen molar-refractivity contribution in [1.29, 1.82) is 0 Å². The Balaban J connectivity index is 2.30. The summed E-state index contributed by atoms with van der Waals surface area (Å²) in [6.07, 6.45) is 3.17. The average molecular weight is 274 g/mol. The molecule has 2 N–H and O–H groups in total. The lowest BCUT2D eigenvalue weighted by atomic mass is 10.3. The van der Waals surface area contributed by atoms with Gasteiger partial charge in [-0.15, -0.1) is 5.10 Å². The van der Waals surface area contributed by atoms with Crippen LogP contribution in [-0.4, -0.2) is 43.6 Å². The van der Waals surface area contributed by atoms with E-state index in [0.717, 1.165) is 5.69 Å². The largest absolute Gasteiger partial charge is 0.338 e. The molecular weight excluding hydrogens is 256 g/mol. The van der Waals surface area contributed by atoms with Gasteiger partial charge in [0.1, 0.15) is 12.0 Å². The maximum absolute atomic E-state index is 12.3. The summed E-state index contributed by atoms with van der Waals surface area (Å²) < 4.78 is 1.59. The summed E-state index contributed by atoms with van der Waals surface area (Å²) in [5.41, 5.74) is 6.62. The SMILES string of the molecule is CCN(CC)C(=O)c1cc(-n2cnc(CN)n2)ccn1. The predicted molar refractivity (Wildman–Crippen MR) is 74.3 cm³/mol. The van der Waals surface area contributed by atoms with E-state index in [0.29, 0.717) is 24.6 Å². The molecule has 2 heterocycles. The van der Waals surface area contributed by atoms with Crippen LogP contribution >= 0.6 is 0 Å². The molecular formula is C13H18N6O. The smallest absolute Gasteiger partial charge is 0.272 e. The molecule has 0 aliphatic heterocycles. The summed E-state index contributed by atoms with van der Waals surface area (Å²) in [5, 5.41) is 4.21. The van der Waals surface area contributed by atoms with Crippen LogP contribution in [0, 0.1) is 0 Å². The maximum atomic E-state index is 12.3. The Morgan fingerprint density at radius 3 is 2.70 bits per heavy atom. The normalized spacial score (nSPS) is 10.6. The number of nitrogens with zero attached hydrogens (tertiary/aromatic N) is 5. The molecule has 0 unspecified atom stereocenters. The van der Waals surface area contributed by atoms with E-state index < -0.39 is 0 Å². The van der Waals surface area contributed by atoms with Gasteiger partial charge in [0.25, 0.3) is 5.91 Å². The molecule has 0 saturated heterocycles. The van der Waals surface area contributed by atoms with Gasteiger partial charge in [-0.2, -0.15) is 0 Å².